The molecule has 1 amide bonds. The fourth-order valence-electron chi connectivity index (χ4n) is 3.44. The Kier molecular flexibility index (Phi) is 10.5. The van der Waals surface area contributed by atoms with Gasteiger partial charge in [-0.05, 0) is 60.1 Å². The number of carbonyl (C=O) groups excluding carboxylic acids is 2. The van der Waals surface area contributed by atoms with Crippen LogP contribution in [0.25, 0.3) is 11.1 Å². The van der Waals surface area contributed by atoms with Gasteiger partial charge in [-0.15, -0.1) is 0 Å². The molecule has 32 heavy (non-hydrogen) atoms. The van der Waals surface area contributed by atoms with E-state index in [-0.39, 0.29) is 29.6 Å². The van der Waals surface area contributed by atoms with E-state index in [2.05, 4.69) is 10.3 Å². The van der Waals surface area contributed by atoms with Crippen LogP contribution in [-0.2, 0) is 17.8 Å². The zero-order chi connectivity index (χ0) is 22.2. The predicted molar refractivity (Wildman–Crippen MR) is 122 cm³/mol. The molecule has 0 spiro atoms. The van der Waals surface area contributed by atoms with Gasteiger partial charge in [0.2, 0.25) is 0 Å². The summed E-state index contributed by atoms with van der Waals surface area (Å²) in [5, 5.41) is 14.1. The minimum absolute atomic E-state index is 0. The summed E-state index contributed by atoms with van der Waals surface area (Å²) in [6, 6.07) is 12.6. The van der Waals surface area contributed by atoms with E-state index in [9.17, 15) is 14.7 Å². The summed E-state index contributed by atoms with van der Waals surface area (Å²) in [7, 11) is 0. The molecule has 0 aliphatic heterocycles. The van der Waals surface area contributed by atoms with Gasteiger partial charge >= 0.3 is 29.6 Å². The number of carbonyl (C=O) groups is 2. The van der Waals surface area contributed by atoms with Gasteiger partial charge in [-0.2, -0.15) is 11.8 Å². The molecule has 3 rings (SSSR count). The molecule has 0 saturated heterocycles. The predicted octanol–water partition coefficient (Wildman–Crippen LogP) is -0.293. The second kappa shape index (κ2) is 12.8. The maximum Gasteiger partial charge on any atom is 1.00 e. The van der Waals surface area contributed by atoms with Crippen molar-refractivity contribution in [2.45, 2.75) is 32.4 Å². The molecule has 0 saturated carbocycles. The van der Waals surface area contributed by atoms with E-state index in [1.54, 1.807) is 18.6 Å². The molecular weight excluding hydrogens is 433 g/mol. The molecule has 2 aromatic carbocycles. The zero-order valence-electron chi connectivity index (χ0n) is 18.7. The van der Waals surface area contributed by atoms with Crippen molar-refractivity contribution in [3.05, 3.63) is 77.9 Å². The maximum atomic E-state index is 13.1. The third-order valence-electron chi connectivity index (χ3n) is 5.18. The van der Waals surface area contributed by atoms with Crippen molar-refractivity contribution in [3.8, 4) is 11.1 Å². The van der Waals surface area contributed by atoms with Gasteiger partial charge in [0.1, 0.15) is 0 Å². The number of carboxylic acid groups (broad SMARTS) is 1. The minimum Gasteiger partial charge on any atom is -0.548 e. The van der Waals surface area contributed by atoms with Crippen LogP contribution in [0.3, 0.4) is 0 Å². The van der Waals surface area contributed by atoms with E-state index < -0.39 is 17.9 Å². The van der Waals surface area contributed by atoms with E-state index in [1.807, 2.05) is 60.3 Å². The van der Waals surface area contributed by atoms with Gasteiger partial charge in [-0.1, -0.05) is 36.4 Å². The molecule has 3 aromatic rings. The standard InChI is InChI=1S/C24H27N3O3S.Na/c1-17-5-3-4-6-19(17)21-15-18(9-12-27-13-11-25-16-27)7-8-20(21)23(28)26-22(24(29)30)10-14-31-2;/h3-8,11,13,15-16,22H,9-10,12,14H2,1-2H3,(H,26,28)(H,29,30);/q;+1/p-1. The quantitative estimate of drug-likeness (QED) is 0.421. The third-order valence-corrected chi connectivity index (χ3v) is 5.83. The molecule has 8 heteroatoms. The number of rotatable bonds is 10. The summed E-state index contributed by atoms with van der Waals surface area (Å²) >= 11 is 1.53. The minimum atomic E-state index is -1.27. The van der Waals surface area contributed by atoms with Gasteiger partial charge in [0.05, 0.1) is 18.3 Å². The van der Waals surface area contributed by atoms with Crippen molar-refractivity contribution in [1.29, 1.82) is 0 Å². The number of carboxylic acids is 1. The zero-order valence-corrected chi connectivity index (χ0v) is 21.5. The molecule has 162 valence electrons. The van der Waals surface area contributed by atoms with Crippen molar-refractivity contribution in [3.63, 3.8) is 0 Å². The Labute approximate surface area is 215 Å². The summed E-state index contributed by atoms with van der Waals surface area (Å²) in [6.45, 7) is 2.78. The Bertz CT molecular complexity index is 1040. The van der Waals surface area contributed by atoms with Gasteiger partial charge in [-0.25, -0.2) is 4.98 Å². The first kappa shape index (κ1) is 26.2. The van der Waals surface area contributed by atoms with Crippen LogP contribution in [0.1, 0.15) is 27.9 Å². The second-order valence-electron chi connectivity index (χ2n) is 7.37. The molecule has 0 bridgehead atoms. The Morgan fingerprint density at radius 1 is 1.19 bits per heavy atom. The summed E-state index contributed by atoms with van der Waals surface area (Å²) < 4.78 is 2.00. The number of aliphatic carboxylic acids is 1. The van der Waals surface area contributed by atoms with Gasteiger partial charge in [0.25, 0.3) is 5.91 Å². The fourth-order valence-corrected chi connectivity index (χ4v) is 3.91. The molecule has 6 nitrogen and oxygen atoms in total. The normalized spacial score (nSPS) is 11.4. The number of amides is 1. The van der Waals surface area contributed by atoms with Crippen LogP contribution < -0.4 is 40.0 Å². The smallest absolute Gasteiger partial charge is 0.548 e. The Morgan fingerprint density at radius 3 is 2.62 bits per heavy atom. The van der Waals surface area contributed by atoms with E-state index in [4.69, 9.17) is 0 Å². The molecule has 1 aromatic heterocycles. The second-order valence-corrected chi connectivity index (χ2v) is 8.36. The van der Waals surface area contributed by atoms with E-state index in [0.29, 0.717) is 17.7 Å². The fraction of sp³-hybridized carbons (Fsp3) is 0.292. The molecule has 1 atom stereocenters. The van der Waals surface area contributed by atoms with E-state index >= 15 is 0 Å². The van der Waals surface area contributed by atoms with Crippen LogP contribution in [0.15, 0.2) is 61.2 Å². The average Bonchev–Trinajstić information content (AvgIpc) is 3.29. The van der Waals surface area contributed by atoms with Crippen LogP contribution in [-0.4, -0.2) is 39.5 Å². The van der Waals surface area contributed by atoms with Crippen LogP contribution in [0, 0.1) is 6.92 Å². The number of aromatic nitrogens is 2. The van der Waals surface area contributed by atoms with Gasteiger partial charge < -0.3 is 19.8 Å². The monoisotopic (exact) mass is 459 g/mol. The number of hydrogen-bond acceptors (Lipinski definition) is 5. The van der Waals surface area contributed by atoms with Crippen molar-refractivity contribution in [2.75, 3.05) is 12.0 Å². The number of nitrogens with zero attached hydrogens (tertiary/aromatic N) is 2. The number of nitrogens with one attached hydrogen (secondary N) is 1. The number of hydrogen-bond donors (Lipinski definition) is 1. The molecule has 1 unspecified atom stereocenters. The van der Waals surface area contributed by atoms with E-state index in [0.717, 1.165) is 35.2 Å². The molecular formula is C24H26N3NaO3S. The molecule has 0 radical (unpaired) electrons. The van der Waals surface area contributed by atoms with Crippen LogP contribution in [0.5, 0.6) is 0 Å². The van der Waals surface area contributed by atoms with Crippen LogP contribution in [0.4, 0.5) is 0 Å². The van der Waals surface area contributed by atoms with Gasteiger partial charge in [0, 0.05) is 24.5 Å². The van der Waals surface area contributed by atoms with Crippen molar-refractivity contribution in [2.24, 2.45) is 0 Å². The van der Waals surface area contributed by atoms with Crippen LogP contribution >= 0.6 is 11.8 Å². The Hall–Kier alpha value is -2.06. The number of aryl methyl sites for hydroxylation is 3. The van der Waals surface area contributed by atoms with Crippen molar-refractivity contribution < 1.29 is 44.3 Å². The maximum absolute atomic E-state index is 13.1. The SMILES string of the molecule is CSCCC(NC(=O)c1ccc(CCn2ccnc2)cc1-c1ccccc1C)C(=O)[O-].[Na+]. The molecule has 1 heterocycles. The summed E-state index contributed by atoms with van der Waals surface area (Å²) in [6.07, 6.45) is 8.44. The van der Waals surface area contributed by atoms with Crippen LogP contribution in [0.2, 0.25) is 0 Å². The van der Waals surface area contributed by atoms with Gasteiger partial charge in [0.15, 0.2) is 0 Å². The summed E-state index contributed by atoms with van der Waals surface area (Å²) in [5.74, 6) is -1.05. The Morgan fingerprint density at radius 2 is 1.97 bits per heavy atom. The molecule has 1 N–H and O–H groups in total. The molecule has 0 aliphatic rings. The first-order valence-electron chi connectivity index (χ1n) is 10.1. The average molecular weight is 460 g/mol. The Balaban J connectivity index is 0.00000363. The molecule has 0 aliphatic carbocycles. The first-order valence-corrected chi connectivity index (χ1v) is 11.5. The first-order chi connectivity index (χ1) is 15.0. The summed E-state index contributed by atoms with van der Waals surface area (Å²) in [5.41, 5.74) is 4.33. The van der Waals surface area contributed by atoms with Gasteiger partial charge in [-0.3, -0.25) is 4.79 Å². The topological polar surface area (TPSA) is 87.0 Å². The molecule has 0 fully saturated rings. The number of imidazole rings is 1. The summed E-state index contributed by atoms with van der Waals surface area (Å²) in [4.78, 5) is 28.6. The van der Waals surface area contributed by atoms with E-state index in [1.165, 1.54) is 11.8 Å². The number of benzene rings is 2. The third kappa shape index (κ3) is 6.97. The largest absolute Gasteiger partial charge is 1.00 e. The number of thioether (sulfide) groups is 1. The van der Waals surface area contributed by atoms with Crippen molar-refractivity contribution >= 4 is 23.6 Å². The van der Waals surface area contributed by atoms with Crippen molar-refractivity contribution in [1.82, 2.24) is 14.9 Å².